The molecule has 1 saturated heterocycles. The van der Waals surface area contributed by atoms with Gasteiger partial charge in [0, 0.05) is 32.0 Å². The molecular formula is C12H17FN2. The summed E-state index contributed by atoms with van der Waals surface area (Å²) in [5, 5.41) is 0. The summed E-state index contributed by atoms with van der Waals surface area (Å²) in [6.07, 6.45) is 4.91. The molecule has 0 bridgehead atoms. The van der Waals surface area contributed by atoms with E-state index in [1.807, 2.05) is 12.1 Å². The van der Waals surface area contributed by atoms with Gasteiger partial charge in [-0.05, 0) is 37.5 Å². The maximum absolute atomic E-state index is 13.5. The summed E-state index contributed by atoms with van der Waals surface area (Å²) in [6, 6.07) is 4.03. The van der Waals surface area contributed by atoms with Crippen molar-refractivity contribution in [2.24, 2.45) is 0 Å². The number of hydrogen-bond donors (Lipinski definition) is 0. The van der Waals surface area contributed by atoms with Gasteiger partial charge in [-0.2, -0.15) is 0 Å². The zero-order chi connectivity index (χ0) is 10.7. The van der Waals surface area contributed by atoms with Gasteiger partial charge in [-0.1, -0.05) is 0 Å². The summed E-state index contributed by atoms with van der Waals surface area (Å²) in [6.45, 7) is 4.33. The maximum atomic E-state index is 13.5. The van der Waals surface area contributed by atoms with Crippen molar-refractivity contribution in [3.8, 4) is 0 Å². The van der Waals surface area contributed by atoms with Crippen molar-refractivity contribution in [3.05, 3.63) is 30.1 Å². The quantitative estimate of drug-likeness (QED) is 0.742. The summed E-state index contributed by atoms with van der Waals surface area (Å²) < 4.78 is 13.5. The molecule has 0 N–H and O–H groups in total. The van der Waals surface area contributed by atoms with E-state index in [-0.39, 0.29) is 0 Å². The SMILES string of the molecule is CC1(F)CCN(Cc2ccncc2)CC1. The Morgan fingerprint density at radius 2 is 1.93 bits per heavy atom. The summed E-state index contributed by atoms with van der Waals surface area (Å²) >= 11 is 0. The summed E-state index contributed by atoms with van der Waals surface area (Å²) in [7, 11) is 0. The molecule has 1 aliphatic heterocycles. The number of rotatable bonds is 2. The smallest absolute Gasteiger partial charge is 0.110 e. The fourth-order valence-electron chi connectivity index (χ4n) is 1.92. The fraction of sp³-hybridized carbons (Fsp3) is 0.583. The van der Waals surface area contributed by atoms with E-state index in [9.17, 15) is 4.39 Å². The minimum Gasteiger partial charge on any atom is -0.299 e. The Labute approximate surface area is 90.1 Å². The summed E-state index contributed by atoms with van der Waals surface area (Å²) in [4.78, 5) is 6.29. The largest absolute Gasteiger partial charge is 0.299 e. The molecule has 15 heavy (non-hydrogen) atoms. The molecular weight excluding hydrogens is 191 g/mol. The van der Waals surface area contributed by atoms with Crippen LogP contribution in [0.25, 0.3) is 0 Å². The van der Waals surface area contributed by atoms with Crippen molar-refractivity contribution < 1.29 is 4.39 Å². The highest BCUT2D eigenvalue weighted by molar-refractivity contribution is 5.09. The fourth-order valence-corrected chi connectivity index (χ4v) is 1.92. The predicted molar refractivity (Wildman–Crippen MR) is 58.3 cm³/mol. The van der Waals surface area contributed by atoms with Crippen LogP contribution in [-0.2, 0) is 6.54 Å². The first kappa shape index (κ1) is 10.6. The van der Waals surface area contributed by atoms with Crippen molar-refractivity contribution in [2.45, 2.75) is 32.0 Å². The molecule has 0 spiro atoms. The average molecular weight is 208 g/mol. The van der Waals surface area contributed by atoms with Crippen LogP contribution in [0.3, 0.4) is 0 Å². The molecule has 2 rings (SSSR count). The van der Waals surface area contributed by atoms with E-state index < -0.39 is 5.67 Å². The molecule has 0 aliphatic carbocycles. The normalized spacial score (nSPS) is 21.5. The molecule has 0 radical (unpaired) electrons. The lowest BCUT2D eigenvalue weighted by Gasteiger charge is -2.34. The Morgan fingerprint density at radius 1 is 1.33 bits per heavy atom. The van der Waals surface area contributed by atoms with Crippen LogP contribution in [-0.4, -0.2) is 28.6 Å². The Balaban J connectivity index is 1.88. The molecule has 0 aromatic carbocycles. The molecule has 0 atom stereocenters. The second-order valence-corrected chi connectivity index (χ2v) is 4.54. The molecule has 1 aliphatic rings. The van der Waals surface area contributed by atoms with E-state index >= 15 is 0 Å². The van der Waals surface area contributed by atoms with Crippen molar-refractivity contribution in [3.63, 3.8) is 0 Å². The number of piperidine rings is 1. The minimum atomic E-state index is -0.950. The molecule has 0 unspecified atom stereocenters. The zero-order valence-corrected chi connectivity index (χ0v) is 9.12. The van der Waals surface area contributed by atoms with Crippen molar-refractivity contribution in [2.75, 3.05) is 13.1 Å². The van der Waals surface area contributed by atoms with Gasteiger partial charge in [0.05, 0.1) is 0 Å². The molecule has 1 aromatic heterocycles. The Hall–Kier alpha value is -0.960. The Bertz CT molecular complexity index is 301. The van der Waals surface area contributed by atoms with Crippen molar-refractivity contribution >= 4 is 0 Å². The van der Waals surface area contributed by atoms with Gasteiger partial charge in [-0.3, -0.25) is 9.88 Å². The monoisotopic (exact) mass is 208 g/mol. The van der Waals surface area contributed by atoms with Gasteiger partial charge in [-0.25, -0.2) is 4.39 Å². The number of hydrogen-bond acceptors (Lipinski definition) is 2. The zero-order valence-electron chi connectivity index (χ0n) is 9.12. The van der Waals surface area contributed by atoms with Gasteiger partial charge >= 0.3 is 0 Å². The van der Waals surface area contributed by atoms with Crippen LogP contribution in [0.4, 0.5) is 4.39 Å². The van der Waals surface area contributed by atoms with Gasteiger partial charge < -0.3 is 0 Å². The second-order valence-electron chi connectivity index (χ2n) is 4.54. The lowest BCUT2D eigenvalue weighted by Crippen LogP contribution is -2.39. The first-order chi connectivity index (χ1) is 7.16. The molecule has 1 fully saturated rings. The molecule has 0 amide bonds. The maximum Gasteiger partial charge on any atom is 0.110 e. The number of nitrogens with zero attached hydrogens (tertiary/aromatic N) is 2. The van der Waals surface area contributed by atoms with Crippen LogP contribution in [0.15, 0.2) is 24.5 Å². The standard InChI is InChI=1S/C12H17FN2/c1-12(13)4-8-15(9-5-12)10-11-2-6-14-7-3-11/h2-3,6-7H,4-5,8-10H2,1H3. The van der Waals surface area contributed by atoms with Gasteiger partial charge in [0.1, 0.15) is 5.67 Å². The topological polar surface area (TPSA) is 16.1 Å². The van der Waals surface area contributed by atoms with Crippen LogP contribution in [0, 0.1) is 0 Å². The highest BCUT2D eigenvalue weighted by Crippen LogP contribution is 2.26. The molecule has 2 heterocycles. The lowest BCUT2D eigenvalue weighted by molar-refractivity contribution is 0.0704. The third-order valence-electron chi connectivity index (χ3n) is 3.05. The third-order valence-corrected chi connectivity index (χ3v) is 3.05. The van der Waals surface area contributed by atoms with Gasteiger partial charge in [0.15, 0.2) is 0 Å². The van der Waals surface area contributed by atoms with E-state index in [0.717, 1.165) is 19.6 Å². The van der Waals surface area contributed by atoms with Gasteiger partial charge in [-0.15, -0.1) is 0 Å². The molecule has 3 heteroatoms. The van der Waals surface area contributed by atoms with Crippen LogP contribution in [0.5, 0.6) is 0 Å². The van der Waals surface area contributed by atoms with Crippen LogP contribution >= 0.6 is 0 Å². The highest BCUT2D eigenvalue weighted by Gasteiger charge is 2.29. The predicted octanol–water partition coefficient (Wildman–Crippen LogP) is 2.41. The first-order valence-electron chi connectivity index (χ1n) is 5.46. The summed E-state index contributed by atoms with van der Waals surface area (Å²) in [5.74, 6) is 0. The number of likely N-dealkylation sites (tertiary alicyclic amines) is 1. The lowest BCUT2D eigenvalue weighted by atomic mass is 9.95. The highest BCUT2D eigenvalue weighted by atomic mass is 19.1. The number of aromatic nitrogens is 1. The van der Waals surface area contributed by atoms with E-state index in [1.165, 1.54) is 5.56 Å². The number of pyridine rings is 1. The van der Waals surface area contributed by atoms with E-state index in [1.54, 1.807) is 19.3 Å². The van der Waals surface area contributed by atoms with Gasteiger partial charge in [0.25, 0.3) is 0 Å². The number of alkyl halides is 1. The second kappa shape index (κ2) is 4.27. The minimum absolute atomic E-state index is 0.651. The van der Waals surface area contributed by atoms with Crippen LogP contribution < -0.4 is 0 Å². The van der Waals surface area contributed by atoms with Crippen molar-refractivity contribution in [1.82, 2.24) is 9.88 Å². The Morgan fingerprint density at radius 3 is 2.53 bits per heavy atom. The average Bonchev–Trinajstić information content (AvgIpc) is 2.23. The third kappa shape index (κ3) is 2.99. The molecule has 0 saturated carbocycles. The first-order valence-corrected chi connectivity index (χ1v) is 5.46. The molecule has 82 valence electrons. The molecule has 2 nitrogen and oxygen atoms in total. The summed E-state index contributed by atoms with van der Waals surface area (Å²) in [5.41, 5.74) is 0.307. The number of halogens is 1. The van der Waals surface area contributed by atoms with E-state index in [4.69, 9.17) is 0 Å². The Kier molecular flexibility index (Phi) is 3.00. The van der Waals surface area contributed by atoms with Crippen molar-refractivity contribution in [1.29, 1.82) is 0 Å². The van der Waals surface area contributed by atoms with Crippen LogP contribution in [0.1, 0.15) is 25.3 Å². The van der Waals surface area contributed by atoms with Gasteiger partial charge in [0.2, 0.25) is 0 Å². The van der Waals surface area contributed by atoms with E-state index in [0.29, 0.717) is 12.8 Å². The molecule has 1 aromatic rings. The van der Waals surface area contributed by atoms with Crippen LogP contribution in [0.2, 0.25) is 0 Å². The van der Waals surface area contributed by atoms with E-state index in [2.05, 4.69) is 9.88 Å².